The van der Waals surface area contributed by atoms with E-state index in [1.807, 2.05) is 7.05 Å². The molecular formula is C12H20N2OS. The molecule has 0 aliphatic carbocycles. The van der Waals surface area contributed by atoms with E-state index in [1.54, 1.807) is 11.3 Å². The van der Waals surface area contributed by atoms with Gasteiger partial charge in [-0.3, -0.25) is 0 Å². The van der Waals surface area contributed by atoms with Gasteiger partial charge in [-0.1, -0.05) is 0 Å². The Morgan fingerprint density at radius 1 is 1.56 bits per heavy atom. The van der Waals surface area contributed by atoms with Gasteiger partial charge in [0.2, 0.25) is 0 Å². The van der Waals surface area contributed by atoms with Crippen molar-refractivity contribution in [1.29, 1.82) is 0 Å². The highest BCUT2D eigenvalue weighted by molar-refractivity contribution is 7.09. The molecule has 1 atom stereocenters. The van der Waals surface area contributed by atoms with E-state index in [-0.39, 0.29) is 6.10 Å². The van der Waals surface area contributed by atoms with E-state index in [9.17, 15) is 0 Å². The summed E-state index contributed by atoms with van der Waals surface area (Å²) in [4.78, 5) is 4.67. The first-order chi connectivity index (χ1) is 7.90. The van der Waals surface area contributed by atoms with E-state index in [1.165, 1.54) is 23.5 Å². The molecule has 0 saturated carbocycles. The lowest BCUT2D eigenvalue weighted by atomic mass is 10.1. The topological polar surface area (TPSA) is 34.1 Å². The van der Waals surface area contributed by atoms with E-state index in [0.717, 1.165) is 32.4 Å². The Morgan fingerprint density at radius 2 is 2.50 bits per heavy atom. The van der Waals surface area contributed by atoms with Crippen LogP contribution in [0.1, 0.15) is 42.5 Å². The van der Waals surface area contributed by atoms with Crippen molar-refractivity contribution in [2.75, 3.05) is 20.2 Å². The number of hydrogen-bond acceptors (Lipinski definition) is 4. The van der Waals surface area contributed by atoms with Crippen molar-refractivity contribution in [2.45, 2.75) is 38.2 Å². The van der Waals surface area contributed by atoms with Gasteiger partial charge >= 0.3 is 0 Å². The van der Waals surface area contributed by atoms with Crippen LogP contribution in [0.5, 0.6) is 0 Å². The highest BCUT2D eigenvalue weighted by Crippen LogP contribution is 2.30. The first kappa shape index (κ1) is 12.0. The summed E-state index contributed by atoms with van der Waals surface area (Å²) in [6.45, 7) is 1.96. The zero-order valence-corrected chi connectivity index (χ0v) is 10.7. The van der Waals surface area contributed by atoms with E-state index >= 15 is 0 Å². The number of ether oxygens (including phenoxy) is 1. The van der Waals surface area contributed by atoms with Crippen LogP contribution >= 0.6 is 11.3 Å². The molecule has 1 aliphatic heterocycles. The van der Waals surface area contributed by atoms with Crippen molar-refractivity contribution >= 4 is 11.3 Å². The van der Waals surface area contributed by atoms with Gasteiger partial charge in [0, 0.05) is 12.0 Å². The second-order valence-electron chi connectivity index (χ2n) is 4.24. The maximum absolute atomic E-state index is 5.74. The third-order valence-electron chi connectivity index (χ3n) is 2.88. The quantitative estimate of drug-likeness (QED) is 0.803. The van der Waals surface area contributed by atoms with Crippen molar-refractivity contribution in [3.8, 4) is 0 Å². The largest absolute Gasteiger partial charge is 0.371 e. The van der Waals surface area contributed by atoms with Crippen LogP contribution in [0.15, 0.2) is 5.38 Å². The molecule has 1 N–H and O–H groups in total. The molecule has 0 radical (unpaired) electrons. The number of aromatic nitrogens is 1. The highest BCUT2D eigenvalue weighted by Gasteiger charge is 2.19. The van der Waals surface area contributed by atoms with Gasteiger partial charge in [-0.2, -0.15) is 0 Å². The highest BCUT2D eigenvalue weighted by atomic mass is 32.1. The summed E-state index contributed by atoms with van der Waals surface area (Å²) in [5.41, 5.74) is 1.23. The van der Waals surface area contributed by atoms with E-state index in [2.05, 4.69) is 15.7 Å². The van der Waals surface area contributed by atoms with E-state index in [4.69, 9.17) is 4.74 Å². The SMILES string of the molecule is CNCCCc1csc(C2CCCCO2)n1. The second-order valence-corrected chi connectivity index (χ2v) is 5.13. The normalized spacial score (nSPS) is 21.2. The molecule has 3 nitrogen and oxygen atoms in total. The van der Waals surface area contributed by atoms with Crippen LogP contribution in [0.25, 0.3) is 0 Å². The molecule has 2 heterocycles. The number of nitrogens with one attached hydrogen (secondary N) is 1. The minimum Gasteiger partial charge on any atom is -0.371 e. The van der Waals surface area contributed by atoms with Gasteiger partial charge in [-0.15, -0.1) is 11.3 Å². The van der Waals surface area contributed by atoms with Crippen molar-refractivity contribution in [1.82, 2.24) is 10.3 Å². The van der Waals surface area contributed by atoms with E-state index < -0.39 is 0 Å². The van der Waals surface area contributed by atoms with Gasteiger partial charge in [0.1, 0.15) is 11.1 Å². The standard InChI is InChI=1S/C12H20N2OS/c1-13-7-4-5-10-9-16-12(14-10)11-6-2-3-8-15-11/h9,11,13H,2-8H2,1H3. The first-order valence-electron chi connectivity index (χ1n) is 6.10. The Morgan fingerprint density at radius 3 is 3.25 bits per heavy atom. The van der Waals surface area contributed by atoms with Crippen molar-refractivity contribution in [3.05, 3.63) is 16.1 Å². The molecule has 2 rings (SSSR count). The fourth-order valence-corrected chi connectivity index (χ4v) is 2.90. The Bertz CT molecular complexity index is 308. The zero-order chi connectivity index (χ0) is 11.2. The number of hydrogen-bond donors (Lipinski definition) is 1. The lowest BCUT2D eigenvalue weighted by molar-refractivity contribution is 0.0147. The summed E-state index contributed by atoms with van der Waals surface area (Å²) < 4.78 is 5.74. The average molecular weight is 240 g/mol. The second kappa shape index (κ2) is 6.33. The van der Waals surface area contributed by atoms with Crippen molar-refractivity contribution in [3.63, 3.8) is 0 Å². The molecule has 1 aromatic heterocycles. The van der Waals surface area contributed by atoms with Gasteiger partial charge < -0.3 is 10.1 Å². The molecule has 0 bridgehead atoms. The zero-order valence-electron chi connectivity index (χ0n) is 9.87. The molecule has 1 fully saturated rings. The fraction of sp³-hybridized carbons (Fsp3) is 0.750. The summed E-state index contributed by atoms with van der Waals surface area (Å²) in [6, 6.07) is 0. The Balaban J connectivity index is 1.85. The van der Waals surface area contributed by atoms with Crippen LogP contribution < -0.4 is 5.32 Å². The molecular weight excluding hydrogens is 220 g/mol. The molecule has 90 valence electrons. The molecule has 0 aromatic carbocycles. The van der Waals surface area contributed by atoms with Crippen LogP contribution in [0.3, 0.4) is 0 Å². The van der Waals surface area contributed by atoms with E-state index in [0.29, 0.717) is 0 Å². The molecule has 16 heavy (non-hydrogen) atoms. The molecule has 4 heteroatoms. The Labute approximate surface area is 101 Å². The first-order valence-corrected chi connectivity index (χ1v) is 6.98. The summed E-state index contributed by atoms with van der Waals surface area (Å²) >= 11 is 1.76. The van der Waals surface area contributed by atoms with Gasteiger partial charge in [0.25, 0.3) is 0 Å². The Hall–Kier alpha value is -0.450. The smallest absolute Gasteiger partial charge is 0.122 e. The number of nitrogens with zero attached hydrogens (tertiary/aromatic N) is 1. The molecule has 0 amide bonds. The maximum Gasteiger partial charge on any atom is 0.122 e. The van der Waals surface area contributed by atoms with Crippen LogP contribution in [-0.4, -0.2) is 25.2 Å². The van der Waals surface area contributed by atoms with Crippen LogP contribution in [-0.2, 0) is 11.2 Å². The third-order valence-corrected chi connectivity index (χ3v) is 3.87. The van der Waals surface area contributed by atoms with Crippen molar-refractivity contribution in [2.24, 2.45) is 0 Å². The van der Waals surface area contributed by atoms with Crippen molar-refractivity contribution < 1.29 is 4.74 Å². The predicted octanol–water partition coefficient (Wildman–Crippen LogP) is 2.54. The van der Waals surface area contributed by atoms with Crippen LogP contribution in [0.4, 0.5) is 0 Å². The molecule has 1 aromatic rings. The minimum atomic E-state index is 0.275. The maximum atomic E-state index is 5.74. The summed E-state index contributed by atoms with van der Waals surface area (Å²) in [5.74, 6) is 0. The summed E-state index contributed by atoms with van der Waals surface area (Å²) in [6.07, 6.45) is 6.13. The summed E-state index contributed by atoms with van der Waals surface area (Å²) in [7, 11) is 1.99. The number of aryl methyl sites for hydroxylation is 1. The lowest BCUT2D eigenvalue weighted by Crippen LogP contribution is -2.11. The van der Waals surface area contributed by atoms with Gasteiger partial charge in [0.15, 0.2) is 0 Å². The predicted molar refractivity (Wildman–Crippen MR) is 66.9 cm³/mol. The summed E-state index contributed by atoms with van der Waals surface area (Å²) in [5, 5.41) is 6.52. The fourth-order valence-electron chi connectivity index (χ4n) is 1.97. The van der Waals surface area contributed by atoms with Gasteiger partial charge in [-0.05, 0) is 45.7 Å². The van der Waals surface area contributed by atoms with Gasteiger partial charge in [-0.25, -0.2) is 4.98 Å². The molecule has 1 aliphatic rings. The molecule has 1 saturated heterocycles. The molecule has 1 unspecified atom stereocenters. The Kier molecular flexibility index (Phi) is 4.75. The lowest BCUT2D eigenvalue weighted by Gasteiger charge is -2.20. The van der Waals surface area contributed by atoms with Crippen LogP contribution in [0, 0.1) is 0 Å². The number of thiazole rings is 1. The van der Waals surface area contributed by atoms with Crippen LogP contribution in [0.2, 0.25) is 0 Å². The third kappa shape index (κ3) is 3.27. The molecule has 0 spiro atoms. The van der Waals surface area contributed by atoms with Gasteiger partial charge in [0.05, 0.1) is 5.69 Å². The minimum absolute atomic E-state index is 0.275. The monoisotopic (exact) mass is 240 g/mol. The average Bonchev–Trinajstić information content (AvgIpc) is 2.79. The number of rotatable bonds is 5.